The first kappa shape index (κ1) is 18.2. The fraction of sp³-hybridized carbons (Fsp3) is 0.500. The highest BCUT2D eigenvalue weighted by molar-refractivity contribution is 5.94. The van der Waals surface area contributed by atoms with Crippen LogP contribution in [0.4, 0.5) is 5.69 Å². The second-order valence-electron chi connectivity index (χ2n) is 5.25. The number of ether oxygens (including phenoxy) is 2. The summed E-state index contributed by atoms with van der Waals surface area (Å²) in [4.78, 5) is 22.2. The molecule has 0 unspecified atom stereocenters. The van der Waals surface area contributed by atoms with Crippen LogP contribution in [-0.2, 0) is 9.47 Å². The summed E-state index contributed by atoms with van der Waals surface area (Å²) in [6.07, 6.45) is -4.90. The van der Waals surface area contributed by atoms with E-state index in [-0.39, 0.29) is 11.3 Å². The second kappa shape index (κ2) is 7.64. The molecule has 1 aromatic rings. The Hall–Kier alpha value is -2.11. The smallest absolute Gasteiger partial charge is 0.269 e. The number of aliphatic hydroxyl groups excluding tert-OH is 3. The van der Waals surface area contributed by atoms with Gasteiger partial charge in [0, 0.05) is 24.8 Å². The molecule has 0 saturated carbocycles. The SMILES string of the molecule is CO[C@@H]1O[C@H](CO)[C@H](O)[C@H](NC(=O)c2ccc([N+](=O)[O-])cc2)[C@@H]1O. The molecule has 10 heteroatoms. The van der Waals surface area contributed by atoms with Crippen LogP contribution in [0.25, 0.3) is 0 Å². The highest BCUT2D eigenvalue weighted by atomic mass is 16.7. The van der Waals surface area contributed by atoms with E-state index in [1.165, 1.54) is 31.4 Å². The Labute approximate surface area is 136 Å². The molecule has 5 atom stereocenters. The molecule has 4 N–H and O–H groups in total. The number of aliphatic hydroxyl groups is 3. The summed E-state index contributed by atoms with van der Waals surface area (Å²) in [6.45, 7) is -0.530. The van der Waals surface area contributed by atoms with Gasteiger partial charge in [0.05, 0.1) is 17.6 Å². The molecule has 0 aliphatic carbocycles. The molecule has 10 nitrogen and oxygen atoms in total. The first-order valence-corrected chi connectivity index (χ1v) is 7.09. The molecule has 1 aliphatic rings. The van der Waals surface area contributed by atoms with Crippen LogP contribution in [0.15, 0.2) is 24.3 Å². The number of hydrogen-bond donors (Lipinski definition) is 4. The fourth-order valence-electron chi connectivity index (χ4n) is 2.42. The monoisotopic (exact) mass is 342 g/mol. The molecule has 0 spiro atoms. The molecular weight excluding hydrogens is 324 g/mol. The molecule has 0 aromatic heterocycles. The largest absolute Gasteiger partial charge is 0.394 e. The van der Waals surface area contributed by atoms with Gasteiger partial charge in [0.25, 0.3) is 11.6 Å². The van der Waals surface area contributed by atoms with Gasteiger partial charge in [0.1, 0.15) is 18.3 Å². The fourth-order valence-corrected chi connectivity index (χ4v) is 2.42. The van der Waals surface area contributed by atoms with Crippen molar-refractivity contribution < 1.29 is 34.5 Å². The third-order valence-electron chi connectivity index (χ3n) is 3.75. The maximum atomic E-state index is 12.2. The number of non-ortho nitro benzene ring substituents is 1. The zero-order chi connectivity index (χ0) is 17.9. The topological polar surface area (TPSA) is 151 Å². The average Bonchev–Trinajstić information content (AvgIpc) is 2.58. The lowest BCUT2D eigenvalue weighted by Crippen LogP contribution is -2.64. The predicted octanol–water partition coefficient (Wildman–Crippen LogP) is -1.22. The van der Waals surface area contributed by atoms with E-state index in [1.807, 2.05) is 0 Å². The van der Waals surface area contributed by atoms with Crippen LogP contribution in [0, 0.1) is 10.1 Å². The first-order valence-electron chi connectivity index (χ1n) is 7.09. The Morgan fingerprint density at radius 1 is 1.33 bits per heavy atom. The van der Waals surface area contributed by atoms with Gasteiger partial charge >= 0.3 is 0 Å². The van der Waals surface area contributed by atoms with Crippen molar-refractivity contribution in [1.82, 2.24) is 5.32 Å². The molecule has 1 heterocycles. The Morgan fingerprint density at radius 3 is 2.46 bits per heavy atom. The molecule has 1 fully saturated rings. The Morgan fingerprint density at radius 2 is 1.96 bits per heavy atom. The molecule has 24 heavy (non-hydrogen) atoms. The summed E-state index contributed by atoms with van der Waals surface area (Å²) in [5.41, 5.74) is -0.0570. The van der Waals surface area contributed by atoms with Gasteiger partial charge in [-0.3, -0.25) is 14.9 Å². The van der Waals surface area contributed by atoms with E-state index in [9.17, 15) is 30.2 Å². The lowest BCUT2D eigenvalue weighted by Gasteiger charge is -2.41. The lowest BCUT2D eigenvalue weighted by atomic mass is 9.96. The number of methoxy groups -OCH3 is 1. The van der Waals surface area contributed by atoms with E-state index in [2.05, 4.69) is 5.32 Å². The molecule has 1 aliphatic heterocycles. The van der Waals surface area contributed by atoms with Crippen LogP contribution in [0.2, 0.25) is 0 Å². The predicted molar refractivity (Wildman–Crippen MR) is 79.1 cm³/mol. The van der Waals surface area contributed by atoms with Crippen LogP contribution < -0.4 is 5.32 Å². The van der Waals surface area contributed by atoms with Crippen molar-refractivity contribution in [2.45, 2.75) is 30.6 Å². The van der Waals surface area contributed by atoms with Gasteiger partial charge in [-0.1, -0.05) is 0 Å². The van der Waals surface area contributed by atoms with Crippen molar-refractivity contribution in [2.24, 2.45) is 0 Å². The number of nitrogens with zero attached hydrogens (tertiary/aromatic N) is 1. The van der Waals surface area contributed by atoms with Gasteiger partial charge in [-0.05, 0) is 12.1 Å². The van der Waals surface area contributed by atoms with Gasteiger partial charge in [-0.2, -0.15) is 0 Å². The van der Waals surface area contributed by atoms with Crippen LogP contribution >= 0.6 is 0 Å². The van der Waals surface area contributed by atoms with E-state index in [0.717, 1.165) is 0 Å². The minimum atomic E-state index is -1.37. The zero-order valence-corrected chi connectivity index (χ0v) is 12.7. The van der Waals surface area contributed by atoms with Crippen molar-refractivity contribution in [3.8, 4) is 0 Å². The Balaban J connectivity index is 2.14. The number of rotatable bonds is 5. The molecule has 1 amide bonds. The number of nitro benzene ring substituents is 1. The summed E-state index contributed by atoms with van der Waals surface area (Å²) < 4.78 is 10.1. The van der Waals surface area contributed by atoms with Gasteiger partial charge < -0.3 is 30.1 Å². The highest BCUT2D eigenvalue weighted by Crippen LogP contribution is 2.22. The number of hydrogen-bond acceptors (Lipinski definition) is 8. The van der Waals surface area contributed by atoms with Crippen molar-refractivity contribution >= 4 is 11.6 Å². The van der Waals surface area contributed by atoms with Crippen molar-refractivity contribution in [3.63, 3.8) is 0 Å². The molecule has 0 bridgehead atoms. The summed E-state index contributed by atoms with van der Waals surface area (Å²) >= 11 is 0. The summed E-state index contributed by atoms with van der Waals surface area (Å²) in [5.74, 6) is -0.651. The number of amides is 1. The van der Waals surface area contributed by atoms with Gasteiger partial charge in [-0.25, -0.2) is 0 Å². The Kier molecular flexibility index (Phi) is 5.80. The van der Waals surface area contributed by atoms with E-state index in [0.29, 0.717) is 0 Å². The second-order valence-corrected chi connectivity index (χ2v) is 5.25. The average molecular weight is 342 g/mol. The summed E-state index contributed by atoms with van der Waals surface area (Å²) in [7, 11) is 1.27. The van der Waals surface area contributed by atoms with E-state index in [4.69, 9.17) is 9.47 Å². The van der Waals surface area contributed by atoms with E-state index >= 15 is 0 Å². The first-order chi connectivity index (χ1) is 11.4. The molecular formula is C14H18N2O8. The van der Waals surface area contributed by atoms with Crippen LogP contribution in [0.5, 0.6) is 0 Å². The number of carbonyl (C=O) groups is 1. The quantitative estimate of drug-likeness (QED) is 0.384. The van der Waals surface area contributed by atoms with E-state index in [1.54, 1.807) is 0 Å². The highest BCUT2D eigenvalue weighted by Gasteiger charge is 2.45. The van der Waals surface area contributed by atoms with Gasteiger partial charge in [-0.15, -0.1) is 0 Å². The Bertz CT molecular complexity index is 577. The maximum Gasteiger partial charge on any atom is 0.269 e. The molecule has 132 valence electrons. The molecule has 1 saturated heterocycles. The standard InChI is InChI=1S/C14H18N2O8/c1-23-14-12(19)10(11(18)9(6-17)24-14)15-13(20)7-2-4-8(5-3-7)16(21)22/h2-5,9-12,14,17-19H,6H2,1H3,(H,15,20)/t9-,10+,11+,12+,14-/m1/s1. The number of carbonyl (C=O) groups excluding carboxylic acids is 1. The molecule has 2 rings (SSSR count). The number of nitrogens with one attached hydrogen (secondary N) is 1. The van der Waals surface area contributed by atoms with E-state index < -0.39 is 48.1 Å². The molecule has 1 aromatic carbocycles. The van der Waals surface area contributed by atoms with Crippen LogP contribution in [-0.4, -0.2) is 70.5 Å². The summed E-state index contributed by atoms with van der Waals surface area (Å²) in [5, 5.41) is 42.5. The third kappa shape index (κ3) is 3.68. The minimum Gasteiger partial charge on any atom is -0.394 e. The maximum absolute atomic E-state index is 12.2. The van der Waals surface area contributed by atoms with Gasteiger partial charge in [0.2, 0.25) is 0 Å². The minimum absolute atomic E-state index is 0.112. The number of nitro groups is 1. The lowest BCUT2D eigenvalue weighted by molar-refractivity contribution is -0.384. The molecule has 0 radical (unpaired) electrons. The van der Waals surface area contributed by atoms with Crippen molar-refractivity contribution in [3.05, 3.63) is 39.9 Å². The van der Waals surface area contributed by atoms with Gasteiger partial charge in [0.15, 0.2) is 6.29 Å². The third-order valence-corrected chi connectivity index (χ3v) is 3.75. The number of benzene rings is 1. The van der Waals surface area contributed by atoms with Crippen LogP contribution in [0.3, 0.4) is 0 Å². The zero-order valence-electron chi connectivity index (χ0n) is 12.7. The normalized spacial score (nSPS) is 29.9. The van der Waals surface area contributed by atoms with Crippen LogP contribution in [0.1, 0.15) is 10.4 Å². The summed E-state index contributed by atoms with van der Waals surface area (Å²) in [6, 6.07) is 3.69. The van der Waals surface area contributed by atoms with Crippen molar-refractivity contribution in [2.75, 3.05) is 13.7 Å². The van der Waals surface area contributed by atoms with Crippen molar-refractivity contribution in [1.29, 1.82) is 0 Å².